The molecule has 19 heavy (non-hydrogen) atoms. The second kappa shape index (κ2) is 6.94. The lowest BCUT2D eigenvalue weighted by Crippen LogP contribution is -2.44. The van der Waals surface area contributed by atoms with Gasteiger partial charge in [0.25, 0.3) is 5.91 Å². The number of nitrogens with zero attached hydrogens (tertiary/aromatic N) is 2. The largest absolute Gasteiger partial charge is 0.478 e. The first kappa shape index (κ1) is 14.4. The molecule has 0 saturated heterocycles. The highest BCUT2D eigenvalue weighted by Gasteiger charge is 2.09. The Bertz CT molecular complexity index is 481. The minimum atomic E-state index is -1.26. The monoisotopic (exact) mass is 266 g/mol. The third kappa shape index (κ3) is 6.01. The summed E-state index contributed by atoms with van der Waals surface area (Å²) in [7, 11) is 0. The molecule has 0 aliphatic rings. The van der Waals surface area contributed by atoms with E-state index in [4.69, 9.17) is 5.11 Å². The molecule has 1 unspecified atom stereocenters. The molecule has 3 N–H and O–H groups in total. The average Bonchev–Trinajstić information content (AvgIpc) is 2.78. The molecule has 1 aromatic heterocycles. The van der Waals surface area contributed by atoms with Crippen molar-refractivity contribution in [3.63, 3.8) is 0 Å². The molecule has 0 aromatic carbocycles. The van der Waals surface area contributed by atoms with Gasteiger partial charge in [0.05, 0.1) is 6.54 Å². The zero-order valence-electron chi connectivity index (χ0n) is 10.2. The van der Waals surface area contributed by atoms with Crippen molar-refractivity contribution >= 4 is 17.9 Å². The van der Waals surface area contributed by atoms with Gasteiger partial charge < -0.3 is 10.4 Å². The number of nitrogens with one attached hydrogen (secondary N) is 2. The molecular weight excluding hydrogens is 252 g/mol. The van der Waals surface area contributed by atoms with Gasteiger partial charge in [0.15, 0.2) is 0 Å². The third-order valence-corrected chi connectivity index (χ3v) is 2.01. The fraction of sp³-hybridized carbons (Fsp3) is 0.273. The topological polar surface area (TPSA) is 113 Å². The number of rotatable bonds is 5. The number of aliphatic carboxylic acids is 1. The van der Waals surface area contributed by atoms with Crippen LogP contribution in [-0.2, 0) is 16.1 Å². The smallest absolute Gasteiger partial charge is 0.328 e. The fourth-order valence-corrected chi connectivity index (χ4v) is 1.30. The molecule has 102 valence electrons. The lowest BCUT2D eigenvalue weighted by molar-refractivity contribution is -0.131. The van der Waals surface area contributed by atoms with Gasteiger partial charge >= 0.3 is 12.0 Å². The first-order chi connectivity index (χ1) is 8.97. The van der Waals surface area contributed by atoms with Crippen LogP contribution < -0.4 is 10.6 Å². The predicted octanol–water partition coefficient (Wildman–Crippen LogP) is -0.262. The normalized spacial score (nSPS) is 12.1. The summed E-state index contributed by atoms with van der Waals surface area (Å²) in [5, 5.41) is 16.8. The summed E-state index contributed by atoms with van der Waals surface area (Å²) in [6.45, 7) is 2.21. The van der Waals surface area contributed by atoms with Crippen LogP contribution in [-0.4, -0.2) is 38.8 Å². The molecule has 0 saturated carbocycles. The van der Waals surface area contributed by atoms with Crippen LogP contribution in [0.1, 0.15) is 6.92 Å². The van der Waals surface area contributed by atoms with E-state index in [2.05, 4.69) is 10.4 Å². The quantitative estimate of drug-likeness (QED) is 0.635. The van der Waals surface area contributed by atoms with Crippen molar-refractivity contribution in [2.75, 3.05) is 0 Å². The third-order valence-electron chi connectivity index (χ3n) is 2.01. The number of carbonyl (C=O) groups is 3. The van der Waals surface area contributed by atoms with Gasteiger partial charge in [0, 0.05) is 30.6 Å². The summed E-state index contributed by atoms with van der Waals surface area (Å²) in [5.41, 5.74) is 0. The summed E-state index contributed by atoms with van der Waals surface area (Å²) >= 11 is 0. The number of carboxylic acids is 1. The molecule has 0 aliphatic carbocycles. The van der Waals surface area contributed by atoms with E-state index in [1.54, 1.807) is 30.1 Å². The first-order valence-corrected chi connectivity index (χ1v) is 5.47. The van der Waals surface area contributed by atoms with Crippen molar-refractivity contribution in [1.82, 2.24) is 20.4 Å². The van der Waals surface area contributed by atoms with Crippen molar-refractivity contribution < 1.29 is 19.5 Å². The van der Waals surface area contributed by atoms with E-state index in [1.165, 1.54) is 0 Å². The number of urea groups is 1. The van der Waals surface area contributed by atoms with Crippen molar-refractivity contribution in [3.8, 4) is 0 Å². The van der Waals surface area contributed by atoms with Crippen molar-refractivity contribution in [2.45, 2.75) is 19.5 Å². The van der Waals surface area contributed by atoms with Crippen LogP contribution in [0.4, 0.5) is 4.79 Å². The van der Waals surface area contributed by atoms with E-state index < -0.39 is 17.9 Å². The highest BCUT2D eigenvalue weighted by molar-refractivity contribution is 6.02. The molecule has 0 fully saturated rings. The van der Waals surface area contributed by atoms with Gasteiger partial charge in [-0.15, -0.1) is 0 Å². The lowest BCUT2D eigenvalue weighted by Gasteiger charge is -2.13. The number of carbonyl (C=O) groups excluding carboxylic acids is 2. The highest BCUT2D eigenvalue weighted by Crippen LogP contribution is 1.90. The lowest BCUT2D eigenvalue weighted by atomic mass is 10.3. The Hall–Kier alpha value is -2.64. The maximum absolute atomic E-state index is 11.4. The fourth-order valence-electron chi connectivity index (χ4n) is 1.30. The predicted molar refractivity (Wildman–Crippen MR) is 65.1 cm³/mol. The van der Waals surface area contributed by atoms with Crippen LogP contribution in [0.15, 0.2) is 30.6 Å². The molecule has 0 aliphatic heterocycles. The van der Waals surface area contributed by atoms with E-state index in [1.807, 2.05) is 5.32 Å². The Morgan fingerprint density at radius 2 is 2.16 bits per heavy atom. The van der Waals surface area contributed by atoms with Crippen LogP contribution in [0.5, 0.6) is 0 Å². The molecule has 0 bridgehead atoms. The molecule has 1 aromatic rings. The summed E-state index contributed by atoms with van der Waals surface area (Å²) in [5.74, 6) is -2.06. The first-order valence-electron chi connectivity index (χ1n) is 5.47. The summed E-state index contributed by atoms with van der Waals surface area (Å²) < 4.78 is 1.64. The van der Waals surface area contributed by atoms with Gasteiger partial charge in [-0.2, -0.15) is 5.10 Å². The van der Waals surface area contributed by atoms with Gasteiger partial charge in [-0.05, 0) is 13.0 Å². The van der Waals surface area contributed by atoms with E-state index in [0.29, 0.717) is 12.6 Å². The second-order valence-corrected chi connectivity index (χ2v) is 3.76. The van der Waals surface area contributed by atoms with Gasteiger partial charge in [-0.1, -0.05) is 0 Å². The van der Waals surface area contributed by atoms with Gasteiger partial charge in [0.2, 0.25) is 0 Å². The minimum absolute atomic E-state index is 0.240. The highest BCUT2D eigenvalue weighted by atomic mass is 16.4. The van der Waals surface area contributed by atoms with Crippen LogP contribution in [0.2, 0.25) is 0 Å². The Labute approximate surface area is 109 Å². The van der Waals surface area contributed by atoms with E-state index in [0.717, 1.165) is 6.08 Å². The Balaban J connectivity index is 2.34. The number of imide groups is 1. The zero-order chi connectivity index (χ0) is 14.3. The van der Waals surface area contributed by atoms with Crippen molar-refractivity contribution in [2.24, 2.45) is 0 Å². The molecule has 3 amide bonds. The molecule has 8 heteroatoms. The molecule has 0 radical (unpaired) electrons. The number of carboxylic acid groups (broad SMARTS) is 1. The average molecular weight is 266 g/mol. The molecule has 1 rings (SSSR count). The second-order valence-electron chi connectivity index (χ2n) is 3.76. The molecular formula is C11H14N4O4. The standard InChI is InChI=1S/C11H14N4O4/c1-8(7-15-6-2-5-12-15)13-11(19)14-9(16)3-4-10(17)18/h2-6,8H,7H2,1H3,(H,17,18)(H2,13,14,16,19)/b4-3+. The van der Waals surface area contributed by atoms with E-state index in [-0.39, 0.29) is 6.04 Å². The zero-order valence-corrected chi connectivity index (χ0v) is 10.2. The van der Waals surface area contributed by atoms with E-state index >= 15 is 0 Å². The number of aromatic nitrogens is 2. The van der Waals surface area contributed by atoms with Crippen molar-refractivity contribution in [3.05, 3.63) is 30.6 Å². The van der Waals surface area contributed by atoms with Gasteiger partial charge in [0.1, 0.15) is 0 Å². The van der Waals surface area contributed by atoms with Crippen LogP contribution in [0, 0.1) is 0 Å². The molecule has 8 nitrogen and oxygen atoms in total. The number of hydrogen-bond acceptors (Lipinski definition) is 4. The van der Waals surface area contributed by atoms with Crippen LogP contribution in [0.25, 0.3) is 0 Å². The maximum atomic E-state index is 11.4. The van der Waals surface area contributed by atoms with Gasteiger partial charge in [-0.3, -0.25) is 14.8 Å². The summed E-state index contributed by atoms with van der Waals surface area (Å²) in [4.78, 5) is 32.7. The van der Waals surface area contributed by atoms with E-state index in [9.17, 15) is 14.4 Å². The molecule has 1 atom stereocenters. The van der Waals surface area contributed by atoms with Crippen LogP contribution in [0.3, 0.4) is 0 Å². The number of amides is 3. The van der Waals surface area contributed by atoms with Crippen LogP contribution >= 0.6 is 0 Å². The Kier molecular flexibility index (Phi) is 5.27. The molecule has 1 heterocycles. The summed E-state index contributed by atoms with van der Waals surface area (Å²) in [6, 6.07) is 0.823. The Morgan fingerprint density at radius 3 is 2.74 bits per heavy atom. The number of hydrogen-bond donors (Lipinski definition) is 3. The van der Waals surface area contributed by atoms with Crippen molar-refractivity contribution in [1.29, 1.82) is 0 Å². The molecule has 0 spiro atoms. The minimum Gasteiger partial charge on any atom is -0.478 e. The maximum Gasteiger partial charge on any atom is 0.328 e. The summed E-state index contributed by atoms with van der Waals surface area (Å²) in [6.07, 6.45) is 4.78. The SMILES string of the molecule is CC(Cn1cccn1)NC(=O)NC(=O)/C=C/C(=O)O. The van der Waals surface area contributed by atoms with Gasteiger partial charge in [-0.25, -0.2) is 9.59 Å². The Morgan fingerprint density at radius 1 is 1.42 bits per heavy atom.